The summed E-state index contributed by atoms with van der Waals surface area (Å²) in [6.07, 6.45) is 3.59. The molecule has 0 aliphatic carbocycles. The van der Waals surface area contributed by atoms with Gasteiger partial charge in [0.2, 0.25) is 5.91 Å². The molecule has 5 nitrogen and oxygen atoms in total. The van der Waals surface area contributed by atoms with Crippen LogP contribution in [0.5, 0.6) is 0 Å². The fourth-order valence-electron chi connectivity index (χ4n) is 4.34. The number of nitrogens with zero attached hydrogens (tertiary/aromatic N) is 1. The number of primary amides is 1. The maximum Gasteiger partial charge on any atom is 0.335 e. The van der Waals surface area contributed by atoms with Crippen molar-refractivity contribution < 1.29 is 14.7 Å². The van der Waals surface area contributed by atoms with Crippen LogP contribution in [0, 0.1) is 0 Å². The van der Waals surface area contributed by atoms with Gasteiger partial charge in [0.1, 0.15) is 0 Å². The van der Waals surface area contributed by atoms with Gasteiger partial charge >= 0.3 is 5.97 Å². The number of carboxylic acids is 1. The molecule has 1 unspecified atom stereocenters. The van der Waals surface area contributed by atoms with Gasteiger partial charge in [-0.25, -0.2) is 4.79 Å². The molecule has 1 fully saturated rings. The third-order valence-corrected chi connectivity index (χ3v) is 5.79. The molecule has 3 rings (SSSR count). The smallest absolute Gasteiger partial charge is 0.335 e. The Kier molecular flexibility index (Phi) is 5.73. The zero-order valence-electron chi connectivity index (χ0n) is 16.5. The van der Waals surface area contributed by atoms with E-state index in [0.29, 0.717) is 0 Å². The van der Waals surface area contributed by atoms with E-state index in [9.17, 15) is 9.59 Å². The van der Waals surface area contributed by atoms with Crippen molar-refractivity contribution in [3.05, 3.63) is 65.2 Å². The molecule has 2 aromatic rings. The number of hydrogen-bond donors (Lipinski definition) is 2. The SMILES string of the molecule is CC(C)(c1ccccc1N1CCCCC1)C(C(N)=O)c1ccc(C(=O)O)cc1. The molecule has 1 aliphatic rings. The number of amides is 1. The molecule has 0 bridgehead atoms. The first-order chi connectivity index (χ1) is 13.3. The van der Waals surface area contributed by atoms with Crippen LogP contribution in [-0.2, 0) is 10.2 Å². The standard InChI is InChI=1S/C23H28N2O3/c1-23(2,18-8-4-5-9-19(18)25-14-6-3-7-15-25)20(21(24)26)16-10-12-17(13-11-16)22(27)28/h4-5,8-13,20H,3,6-7,14-15H2,1-2H3,(H2,24,26)(H,27,28). The fraction of sp³-hybridized carbons (Fsp3) is 0.391. The number of anilines is 1. The van der Waals surface area contributed by atoms with Crippen LogP contribution in [0.3, 0.4) is 0 Å². The van der Waals surface area contributed by atoms with Gasteiger partial charge in [-0.2, -0.15) is 0 Å². The highest BCUT2D eigenvalue weighted by atomic mass is 16.4. The first-order valence-electron chi connectivity index (χ1n) is 9.79. The molecule has 1 aliphatic heterocycles. The monoisotopic (exact) mass is 380 g/mol. The molecule has 28 heavy (non-hydrogen) atoms. The molecule has 0 radical (unpaired) electrons. The zero-order chi connectivity index (χ0) is 20.3. The minimum Gasteiger partial charge on any atom is -0.478 e. The maximum atomic E-state index is 12.5. The molecule has 1 heterocycles. The molecule has 0 aromatic heterocycles. The second-order valence-corrected chi connectivity index (χ2v) is 8.05. The number of nitrogens with two attached hydrogens (primary N) is 1. The van der Waals surface area contributed by atoms with Crippen LogP contribution in [0.25, 0.3) is 0 Å². The Morgan fingerprint density at radius 3 is 2.18 bits per heavy atom. The molecule has 5 heteroatoms. The lowest BCUT2D eigenvalue weighted by Gasteiger charge is -2.38. The quantitative estimate of drug-likeness (QED) is 0.795. The van der Waals surface area contributed by atoms with E-state index < -0.39 is 23.2 Å². The Morgan fingerprint density at radius 2 is 1.61 bits per heavy atom. The van der Waals surface area contributed by atoms with Gasteiger partial charge in [0.05, 0.1) is 11.5 Å². The number of benzene rings is 2. The number of aromatic carboxylic acids is 1. The van der Waals surface area contributed by atoms with Gasteiger partial charge in [-0.1, -0.05) is 44.2 Å². The molecule has 3 N–H and O–H groups in total. The van der Waals surface area contributed by atoms with Crippen LogP contribution < -0.4 is 10.6 Å². The van der Waals surface area contributed by atoms with Crippen molar-refractivity contribution in [3.8, 4) is 0 Å². The highest BCUT2D eigenvalue weighted by Gasteiger charge is 2.39. The summed E-state index contributed by atoms with van der Waals surface area (Å²) in [5.41, 5.74) is 8.46. The van der Waals surface area contributed by atoms with Crippen LogP contribution in [0.4, 0.5) is 5.69 Å². The van der Waals surface area contributed by atoms with Crippen LogP contribution in [0.1, 0.15) is 60.5 Å². The Morgan fingerprint density at radius 1 is 1.00 bits per heavy atom. The lowest BCUT2D eigenvalue weighted by Crippen LogP contribution is -2.39. The molecule has 0 saturated carbocycles. The van der Waals surface area contributed by atoms with Gasteiger partial charge in [0.15, 0.2) is 0 Å². The van der Waals surface area contributed by atoms with Gasteiger partial charge in [0.25, 0.3) is 0 Å². The Bertz CT molecular complexity index is 852. The van der Waals surface area contributed by atoms with E-state index in [1.807, 2.05) is 26.0 Å². The summed E-state index contributed by atoms with van der Waals surface area (Å²) in [5, 5.41) is 9.14. The van der Waals surface area contributed by atoms with Crippen molar-refractivity contribution in [1.82, 2.24) is 0 Å². The summed E-state index contributed by atoms with van der Waals surface area (Å²) in [6, 6.07) is 14.7. The molecule has 1 atom stereocenters. The van der Waals surface area contributed by atoms with E-state index in [4.69, 9.17) is 10.8 Å². The van der Waals surface area contributed by atoms with Crippen molar-refractivity contribution >= 4 is 17.6 Å². The average molecular weight is 380 g/mol. The summed E-state index contributed by atoms with van der Waals surface area (Å²) in [5.74, 6) is -1.97. The predicted molar refractivity (Wildman–Crippen MR) is 111 cm³/mol. The number of para-hydroxylation sites is 1. The van der Waals surface area contributed by atoms with Crippen LogP contribution in [0.15, 0.2) is 48.5 Å². The molecular weight excluding hydrogens is 352 g/mol. The van der Waals surface area contributed by atoms with Crippen LogP contribution in [-0.4, -0.2) is 30.1 Å². The summed E-state index contributed by atoms with van der Waals surface area (Å²) < 4.78 is 0. The molecule has 0 spiro atoms. The van der Waals surface area contributed by atoms with Crippen LogP contribution in [0.2, 0.25) is 0 Å². The van der Waals surface area contributed by atoms with Crippen molar-refractivity contribution in [1.29, 1.82) is 0 Å². The molecule has 1 saturated heterocycles. The Labute approximate surface area is 166 Å². The molecule has 2 aromatic carbocycles. The molecular formula is C23H28N2O3. The predicted octanol–water partition coefficient (Wildman–Crippen LogP) is 3.92. The van der Waals surface area contributed by atoms with Crippen LogP contribution >= 0.6 is 0 Å². The van der Waals surface area contributed by atoms with Crippen molar-refractivity contribution in [3.63, 3.8) is 0 Å². The third-order valence-electron chi connectivity index (χ3n) is 5.79. The number of carbonyl (C=O) groups excluding carboxylic acids is 1. The average Bonchev–Trinajstić information content (AvgIpc) is 2.68. The normalized spacial score (nSPS) is 15.9. The highest BCUT2D eigenvalue weighted by molar-refractivity contribution is 5.88. The van der Waals surface area contributed by atoms with Gasteiger partial charge in [-0.05, 0) is 48.6 Å². The largest absolute Gasteiger partial charge is 0.478 e. The van der Waals surface area contributed by atoms with E-state index in [1.165, 1.54) is 31.4 Å². The number of hydrogen-bond acceptors (Lipinski definition) is 3. The summed E-state index contributed by atoms with van der Waals surface area (Å²) in [4.78, 5) is 26.1. The lowest BCUT2D eigenvalue weighted by molar-refractivity contribution is -0.120. The highest BCUT2D eigenvalue weighted by Crippen LogP contribution is 2.43. The zero-order valence-corrected chi connectivity index (χ0v) is 16.5. The molecule has 1 amide bonds. The van der Waals surface area contributed by atoms with Crippen molar-refractivity contribution in [2.45, 2.75) is 44.4 Å². The van der Waals surface area contributed by atoms with E-state index in [0.717, 1.165) is 29.9 Å². The number of carbonyl (C=O) groups is 2. The first-order valence-corrected chi connectivity index (χ1v) is 9.79. The minimum absolute atomic E-state index is 0.193. The topological polar surface area (TPSA) is 83.6 Å². The second-order valence-electron chi connectivity index (χ2n) is 8.05. The summed E-state index contributed by atoms with van der Waals surface area (Å²) in [7, 11) is 0. The minimum atomic E-state index is -0.989. The lowest BCUT2D eigenvalue weighted by atomic mass is 9.69. The van der Waals surface area contributed by atoms with E-state index in [1.54, 1.807) is 12.1 Å². The number of carboxylic acid groups (broad SMARTS) is 1. The number of piperidine rings is 1. The van der Waals surface area contributed by atoms with E-state index >= 15 is 0 Å². The third kappa shape index (κ3) is 3.88. The van der Waals surface area contributed by atoms with Gasteiger partial charge in [-0.15, -0.1) is 0 Å². The fourth-order valence-corrected chi connectivity index (χ4v) is 4.34. The Hall–Kier alpha value is -2.82. The summed E-state index contributed by atoms with van der Waals surface area (Å²) in [6.45, 7) is 6.11. The van der Waals surface area contributed by atoms with Crippen molar-refractivity contribution in [2.75, 3.05) is 18.0 Å². The van der Waals surface area contributed by atoms with Gasteiger partial charge in [-0.3, -0.25) is 4.79 Å². The summed E-state index contributed by atoms with van der Waals surface area (Å²) >= 11 is 0. The van der Waals surface area contributed by atoms with Gasteiger partial charge < -0.3 is 15.7 Å². The Balaban J connectivity index is 2.03. The second kappa shape index (κ2) is 8.05. The van der Waals surface area contributed by atoms with Crippen molar-refractivity contribution in [2.24, 2.45) is 5.73 Å². The van der Waals surface area contributed by atoms with E-state index in [2.05, 4.69) is 17.0 Å². The van der Waals surface area contributed by atoms with Gasteiger partial charge in [0, 0.05) is 24.2 Å². The molecule has 148 valence electrons. The van der Waals surface area contributed by atoms with E-state index in [-0.39, 0.29) is 5.56 Å². The number of rotatable bonds is 6. The maximum absolute atomic E-state index is 12.5. The first kappa shape index (κ1) is 19.9.